The van der Waals surface area contributed by atoms with Gasteiger partial charge in [0.05, 0.1) is 15.5 Å². The van der Waals surface area contributed by atoms with E-state index in [2.05, 4.69) is 5.32 Å². The molecule has 6 nitrogen and oxygen atoms in total. The van der Waals surface area contributed by atoms with Crippen LogP contribution in [0.4, 0.5) is 5.69 Å². The maximum atomic E-state index is 11.9. The number of nitrogens with two attached hydrogens (primary N) is 1. The fourth-order valence-corrected chi connectivity index (χ4v) is 1.60. The summed E-state index contributed by atoms with van der Waals surface area (Å²) in [6.45, 7) is 2.18. The number of nitro groups is 1. The average Bonchev–Trinajstić information content (AvgIpc) is 2.35. The maximum Gasteiger partial charge on any atom is 0.270 e. The molecule has 3 N–H and O–H groups in total. The molecule has 0 aliphatic rings. The molecular formula is C11H14ClN3O3. The van der Waals surface area contributed by atoms with Crippen molar-refractivity contribution in [1.29, 1.82) is 0 Å². The molecular weight excluding hydrogens is 258 g/mol. The molecule has 0 radical (unpaired) electrons. The van der Waals surface area contributed by atoms with Crippen LogP contribution in [0.25, 0.3) is 0 Å². The van der Waals surface area contributed by atoms with Crippen LogP contribution in [0.15, 0.2) is 18.2 Å². The van der Waals surface area contributed by atoms with E-state index < -0.39 is 10.8 Å². The molecule has 1 aromatic rings. The highest BCUT2D eigenvalue weighted by Gasteiger charge is 2.17. The summed E-state index contributed by atoms with van der Waals surface area (Å²) in [5.41, 5.74) is 5.38. The van der Waals surface area contributed by atoms with Crippen molar-refractivity contribution in [3.05, 3.63) is 38.9 Å². The van der Waals surface area contributed by atoms with Gasteiger partial charge >= 0.3 is 0 Å². The first-order valence-electron chi connectivity index (χ1n) is 5.44. The number of halogens is 1. The third-order valence-corrected chi connectivity index (χ3v) is 2.85. The van der Waals surface area contributed by atoms with Crippen molar-refractivity contribution in [3.8, 4) is 0 Å². The van der Waals surface area contributed by atoms with Crippen LogP contribution in [0.5, 0.6) is 0 Å². The fourth-order valence-electron chi connectivity index (χ4n) is 1.39. The third kappa shape index (κ3) is 3.41. The number of hydrogen-bond donors (Lipinski definition) is 2. The van der Waals surface area contributed by atoms with Gasteiger partial charge in [0.15, 0.2) is 0 Å². The Labute approximate surface area is 109 Å². The van der Waals surface area contributed by atoms with Crippen molar-refractivity contribution < 1.29 is 9.72 Å². The van der Waals surface area contributed by atoms with Gasteiger partial charge in [0.25, 0.3) is 11.6 Å². The number of rotatable bonds is 5. The highest BCUT2D eigenvalue weighted by molar-refractivity contribution is 6.33. The predicted molar refractivity (Wildman–Crippen MR) is 68.7 cm³/mol. The van der Waals surface area contributed by atoms with Crippen LogP contribution in [0.2, 0.25) is 5.02 Å². The highest BCUT2D eigenvalue weighted by atomic mass is 35.5. The molecule has 18 heavy (non-hydrogen) atoms. The molecule has 0 bridgehead atoms. The predicted octanol–water partition coefficient (Wildman–Crippen LogP) is 1.72. The molecule has 1 aromatic carbocycles. The van der Waals surface area contributed by atoms with E-state index in [0.29, 0.717) is 13.0 Å². The van der Waals surface area contributed by atoms with E-state index in [4.69, 9.17) is 17.3 Å². The molecule has 0 heterocycles. The molecule has 0 spiro atoms. The summed E-state index contributed by atoms with van der Waals surface area (Å²) in [5.74, 6) is -0.457. The number of carbonyl (C=O) groups excluding carboxylic acids is 1. The minimum atomic E-state index is -0.576. The number of non-ortho nitro benzene ring substituents is 1. The normalized spacial score (nSPS) is 11.9. The second-order valence-electron chi connectivity index (χ2n) is 3.74. The van der Waals surface area contributed by atoms with Crippen LogP contribution < -0.4 is 11.1 Å². The summed E-state index contributed by atoms with van der Waals surface area (Å²) in [4.78, 5) is 22.0. The van der Waals surface area contributed by atoms with E-state index in [1.165, 1.54) is 12.1 Å². The lowest BCUT2D eigenvalue weighted by atomic mass is 10.1. The Morgan fingerprint density at radius 1 is 1.61 bits per heavy atom. The van der Waals surface area contributed by atoms with Gasteiger partial charge in [-0.25, -0.2) is 0 Å². The molecule has 0 aliphatic heterocycles. The Balaban J connectivity index is 2.97. The van der Waals surface area contributed by atoms with Crippen LogP contribution >= 0.6 is 11.6 Å². The zero-order valence-electron chi connectivity index (χ0n) is 9.85. The highest BCUT2D eigenvalue weighted by Crippen LogP contribution is 2.22. The molecule has 0 aromatic heterocycles. The third-order valence-electron chi connectivity index (χ3n) is 2.52. The summed E-state index contributed by atoms with van der Waals surface area (Å²) < 4.78 is 0. The first kappa shape index (κ1) is 14.4. The molecule has 0 fully saturated rings. The fraction of sp³-hybridized carbons (Fsp3) is 0.364. The van der Waals surface area contributed by atoms with Crippen molar-refractivity contribution in [2.75, 3.05) is 6.54 Å². The van der Waals surface area contributed by atoms with Gasteiger partial charge < -0.3 is 11.1 Å². The summed E-state index contributed by atoms with van der Waals surface area (Å²) in [6.07, 6.45) is 0.675. The van der Waals surface area contributed by atoms with E-state index >= 15 is 0 Å². The first-order valence-corrected chi connectivity index (χ1v) is 5.82. The monoisotopic (exact) mass is 271 g/mol. The molecule has 0 saturated carbocycles. The van der Waals surface area contributed by atoms with Gasteiger partial charge in [0.2, 0.25) is 0 Å². The Hall–Kier alpha value is -1.66. The van der Waals surface area contributed by atoms with Gasteiger partial charge in [0, 0.05) is 24.7 Å². The number of nitrogens with zero attached hydrogens (tertiary/aromatic N) is 1. The second kappa shape index (κ2) is 6.32. The lowest BCUT2D eigenvalue weighted by molar-refractivity contribution is -0.384. The number of benzene rings is 1. The zero-order valence-corrected chi connectivity index (χ0v) is 10.6. The first-order chi connectivity index (χ1) is 8.49. The molecule has 7 heteroatoms. The number of hydrogen-bond acceptors (Lipinski definition) is 4. The Bertz CT molecular complexity index is 461. The average molecular weight is 272 g/mol. The van der Waals surface area contributed by atoms with Gasteiger partial charge in [-0.1, -0.05) is 18.5 Å². The largest absolute Gasteiger partial charge is 0.348 e. The number of amides is 1. The van der Waals surface area contributed by atoms with E-state index in [1.54, 1.807) is 0 Å². The lowest BCUT2D eigenvalue weighted by Gasteiger charge is -2.14. The van der Waals surface area contributed by atoms with Crippen molar-refractivity contribution in [2.24, 2.45) is 5.73 Å². The van der Waals surface area contributed by atoms with Gasteiger partial charge in [-0.05, 0) is 12.5 Å². The summed E-state index contributed by atoms with van der Waals surface area (Å²) in [7, 11) is 0. The number of nitrogens with one attached hydrogen (secondary N) is 1. The topological polar surface area (TPSA) is 98.3 Å². The quantitative estimate of drug-likeness (QED) is 0.629. The molecule has 1 amide bonds. The zero-order chi connectivity index (χ0) is 13.7. The Morgan fingerprint density at radius 2 is 2.28 bits per heavy atom. The van der Waals surface area contributed by atoms with E-state index in [0.717, 1.165) is 6.07 Å². The molecule has 0 aliphatic carbocycles. The van der Waals surface area contributed by atoms with Crippen LogP contribution in [0.3, 0.4) is 0 Å². The van der Waals surface area contributed by atoms with Crippen LogP contribution in [0, 0.1) is 10.1 Å². The van der Waals surface area contributed by atoms with Gasteiger partial charge in [0.1, 0.15) is 0 Å². The summed E-state index contributed by atoms with van der Waals surface area (Å²) >= 11 is 5.85. The van der Waals surface area contributed by atoms with Gasteiger partial charge in [-0.2, -0.15) is 0 Å². The maximum absolute atomic E-state index is 11.9. The number of nitro benzene ring substituents is 1. The Morgan fingerprint density at radius 3 is 2.78 bits per heavy atom. The van der Waals surface area contributed by atoms with Crippen LogP contribution in [-0.4, -0.2) is 23.4 Å². The lowest BCUT2D eigenvalue weighted by Crippen LogP contribution is -2.39. The molecule has 0 saturated heterocycles. The van der Waals surface area contributed by atoms with E-state index in [9.17, 15) is 14.9 Å². The SMILES string of the molecule is CCC(CN)NC(=O)c1cc([N+](=O)[O-])ccc1Cl. The summed E-state index contributed by atoms with van der Waals surface area (Å²) in [6, 6.07) is 3.56. The standard InChI is InChI=1S/C11H14ClN3O3/c1-2-7(6-13)14-11(16)9-5-8(15(17)18)3-4-10(9)12/h3-5,7H,2,6,13H2,1H3,(H,14,16). The number of carbonyl (C=O) groups is 1. The molecule has 1 unspecified atom stereocenters. The van der Waals surface area contributed by atoms with E-state index in [1.807, 2.05) is 6.92 Å². The summed E-state index contributed by atoms with van der Waals surface area (Å²) in [5, 5.41) is 13.5. The van der Waals surface area contributed by atoms with Crippen molar-refractivity contribution in [1.82, 2.24) is 5.32 Å². The second-order valence-corrected chi connectivity index (χ2v) is 4.14. The van der Waals surface area contributed by atoms with Gasteiger partial charge in [-0.3, -0.25) is 14.9 Å². The minimum Gasteiger partial charge on any atom is -0.348 e. The van der Waals surface area contributed by atoms with E-state index in [-0.39, 0.29) is 22.3 Å². The van der Waals surface area contributed by atoms with Gasteiger partial charge in [-0.15, -0.1) is 0 Å². The smallest absolute Gasteiger partial charge is 0.270 e. The molecule has 98 valence electrons. The van der Waals surface area contributed by atoms with Crippen molar-refractivity contribution >= 4 is 23.2 Å². The van der Waals surface area contributed by atoms with Crippen molar-refractivity contribution in [2.45, 2.75) is 19.4 Å². The minimum absolute atomic E-state index is 0.0813. The Kier molecular flexibility index (Phi) is 5.06. The van der Waals surface area contributed by atoms with Crippen molar-refractivity contribution in [3.63, 3.8) is 0 Å². The van der Waals surface area contributed by atoms with Crippen LogP contribution in [-0.2, 0) is 0 Å². The van der Waals surface area contributed by atoms with Crippen LogP contribution in [0.1, 0.15) is 23.7 Å². The molecule has 1 rings (SSSR count). The molecule has 1 atom stereocenters.